The van der Waals surface area contributed by atoms with Gasteiger partial charge in [0, 0.05) is 32.2 Å². The number of amides is 1. The zero-order chi connectivity index (χ0) is 18.6. The largest absolute Gasteiger partial charge is 0.465 e. The number of methoxy groups -OCH3 is 1. The number of carbonyl (C=O) groups is 2. The number of furan rings is 1. The minimum absolute atomic E-state index is 0.0616. The number of carbonyl (C=O) groups excluding carboxylic acids is 2. The number of sulfonamides is 1. The molecule has 0 aliphatic carbocycles. The molecule has 0 saturated carbocycles. The summed E-state index contributed by atoms with van der Waals surface area (Å²) in [7, 11) is -2.73. The maximum atomic E-state index is 12.8. The van der Waals surface area contributed by atoms with Crippen LogP contribution in [0.25, 0.3) is 0 Å². The summed E-state index contributed by atoms with van der Waals surface area (Å²) >= 11 is 0. The predicted octanol–water partition coefficient (Wildman–Crippen LogP) is -0.150. The molecule has 0 bridgehead atoms. The summed E-state index contributed by atoms with van der Waals surface area (Å²) in [6, 6.07) is 1.16. The lowest BCUT2D eigenvalue weighted by molar-refractivity contribution is -0.126. The molecular weight excluding hydrogens is 350 g/mol. The maximum absolute atomic E-state index is 12.8. The van der Waals surface area contributed by atoms with Gasteiger partial charge in [-0.25, -0.2) is 13.2 Å². The SMILES string of the molecule is COC(=O)c1cc(S(=O)(=O)N2CCCC(C(=O)NCCN)C2)oc1C. The molecular formula is C15H23N3O6S. The lowest BCUT2D eigenvalue weighted by Crippen LogP contribution is -2.46. The quantitative estimate of drug-likeness (QED) is 0.663. The summed E-state index contributed by atoms with van der Waals surface area (Å²) < 4.78 is 36.6. The number of hydrogen-bond acceptors (Lipinski definition) is 7. The first kappa shape index (κ1) is 19.4. The van der Waals surface area contributed by atoms with E-state index in [0.717, 1.165) is 6.07 Å². The van der Waals surface area contributed by atoms with Crippen molar-refractivity contribution >= 4 is 21.9 Å². The number of esters is 1. The van der Waals surface area contributed by atoms with Crippen LogP contribution in [0.3, 0.4) is 0 Å². The second-order valence-corrected chi connectivity index (χ2v) is 7.68. The minimum atomic E-state index is -3.94. The Hall–Kier alpha value is -1.91. The monoisotopic (exact) mass is 373 g/mol. The molecule has 1 amide bonds. The molecule has 1 saturated heterocycles. The molecule has 1 aromatic heterocycles. The second kappa shape index (κ2) is 7.98. The molecule has 0 spiro atoms. The van der Waals surface area contributed by atoms with Crippen LogP contribution in [0, 0.1) is 12.8 Å². The summed E-state index contributed by atoms with van der Waals surface area (Å²) in [6.45, 7) is 2.51. The van der Waals surface area contributed by atoms with Crippen molar-refractivity contribution < 1.29 is 27.2 Å². The molecule has 2 heterocycles. The minimum Gasteiger partial charge on any atom is -0.465 e. The van der Waals surface area contributed by atoms with Crippen molar-refractivity contribution in [2.45, 2.75) is 24.9 Å². The number of rotatable bonds is 6. The van der Waals surface area contributed by atoms with Crippen molar-refractivity contribution in [3.63, 3.8) is 0 Å². The van der Waals surface area contributed by atoms with Crippen LogP contribution in [0.1, 0.15) is 29.0 Å². The fraction of sp³-hybridized carbons (Fsp3) is 0.600. The highest BCUT2D eigenvalue weighted by Crippen LogP contribution is 2.27. The number of ether oxygens (including phenoxy) is 1. The van der Waals surface area contributed by atoms with Crippen LogP contribution in [0.5, 0.6) is 0 Å². The van der Waals surface area contributed by atoms with Crippen LogP contribution < -0.4 is 11.1 Å². The van der Waals surface area contributed by atoms with Crippen LogP contribution in [0.4, 0.5) is 0 Å². The van der Waals surface area contributed by atoms with Gasteiger partial charge in [-0.15, -0.1) is 0 Å². The Kier molecular flexibility index (Phi) is 6.20. The fourth-order valence-corrected chi connectivity index (χ4v) is 4.23. The zero-order valence-electron chi connectivity index (χ0n) is 14.3. The van der Waals surface area contributed by atoms with Gasteiger partial charge in [0.2, 0.25) is 11.0 Å². The first-order valence-electron chi connectivity index (χ1n) is 7.98. The van der Waals surface area contributed by atoms with Gasteiger partial charge >= 0.3 is 5.97 Å². The van der Waals surface area contributed by atoms with Crippen molar-refractivity contribution in [3.8, 4) is 0 Å². The highest BCUT2D eigenvalue weighted by molar-refractivity contribution is 7.89. The lowest BCUT2D eigenvalue weighted by atomic mass is 9.99. The first-order valence-corrected chi connectivity index (χ1v) is 9.42. The average molecular weight is 373 g/mol. The Balaban J connectivity index is 2.19. The van der Waals surface area contributed by atoms with E-state index in [1.807, 2.05) is 0 Å². The van der Waals surface area contributed by atoms with Crippen molar-refractivity contribution in [1.29, 1.82) is 0 Å². The molecule has 0 radical (unpaired) electrons. The molecule has 3 N–H and O–H groups in total. The Bertz CT molecular complexity index is 742. The molecule has 9 nitrogen and oxygen atoms in total. The van der Waals surface area contributed by atoms with Gasteiger partial charge in [-0.3, -0.25) is 4.79 Å². The van der Waals surface area contributed by atoms with Gasteiger partial charge in [-0.1, -0.05) is 0 Å². The molecule has 1 fully saturated rings. The third-order valence-electron chi connectivity index (χ3n) is 4.09. The molecule has 1 aliphatic heterocycles. The van der Waals surface area contributed by atoms with E-state index in [2.05, 4.69) is 10.1 Å². The number of aryl methyl sites for hydroxylation is 1. The third-order valence-corrected chi connectivity index (χ3v) is 5.81. The number of nitrogens with two attached hydrogens (primary N) is 1. The maximum Gasteiger partial charge on any atom is 0.341 e. The molecule has 1 aromatic rings. The summed E-state index contributed by atoms with van der Waals surface area (Å²) in [5.74, 6) is -1.15. The lowest BCUT2D eigenvalue weighted by Gasteiger charge is -2.30. The standard InChI is InChI=1S/C15H23N3O6S/c1-10-12(15(20)23-2)8-13(24-10)25(21,22)18-7-3-4-11(9-18)14(19)17-6-5-16/h8,11H,3-7,9,16H2,1-2H3,(H,17,19). The van der Waals surface area contributed by atoms with E-state index in [4.69, 9.17) is 10.2 Å². The van der Waals surface area contributed by atoms with Crippen molar-refractivity contribution in [1.82, 2.24) is 9.62 Å². The van der Waals surface area contributed by atoms with E-state index < -0.39 is 21.9 Å². The molecule has 140 valence electrons. The highest BCUT2D eigenvalue weighted by atomic mass is 32.2. The first-order chi connectivity index (χ1) is 11.8. The topological polar surface area (TPSA) is 132 Å². The van der Waals surface area contributed by atoms with Crippen LogP contribution >= 0.6 is 0 Å². The van der Waals surface area contributed by atoms with E-state index in [1.54, 1.807) is 0 Å². The van der Waals surface area contributed by atoms with Gasteiger partial charge in [-0.2, -0.15) is 4.31 Å². The Morgan fingerprint density at radius 2 is 2.20 bits per heavy atom. The van der Waals surface area contributed by atoms with Gasteiger partial charge in [-0.05, 0) is 19.8 Å². The summed E-state index contributed by atoms with van der Waals surface area (Å²) in [6.07, 6.45) is 1.16. The van der Waals surface area contributed by atoms with Crippen LogP contribution in [-0.4, -0.2) is 57.9 Å². The van der Waals surface area contributed by atoms with Crippen molar-refractivity contribution in [2.75, 3.05) is 33.3 Å². The van der Waals surface area contributed by atoms with Gasteiger partial charge in [0.05, 0.1) is 13.0 Å². The fourth-order valence-electron chi connectivity index (χ4n) is 2.74. The average Bonchev–Trinajstić information content (AvgIpc) is 3.01. The Morgan fingerprint density at radius 1 is 1.48 bits per heavy atom. The van der Waals surface area contributed by atoms with E-state index in [-0.39, 0.29) is 35.4 Å². The summed E-state index contributed by atoms with van der Waals surface area (Å²) in [4.78, 5) is 23.7. The number of piperidine rings is 1. The number of hydrogen-bond donors (Lipinski definition) is 2. The summed E-state index contributed by atoms with van der Waals surface area (Å²) in [5.41, 5.74) is 5.43. The smallest absolute Gasteiger partial charge is 0.341 e. The van der Waals surface area contributed by atoms with E-state index in [9.17, 15) is 18.0 Å². The van der Waals surface area contributed by atoms with Crippen LogP contribution in [-0.2, 0) is 19.6 Å². The van der Waals surface area contributed by atoms with Gasteiger partial charge in [0.15, 0.2) is 0 Å². The molecule has 10 heteroatoms. The Labute approximate surface area is 146 Å². The molecule has 25 heavy (non-hydrogen) atoms. The molecule has 1 unspecified atom stereocenters. The van der Waals surface area contributed by atoms with Crippen molar-refractivity contribution in [3.05, 3.63) is 17.4 Å². The molecule has 0 aromatic carbocycles. The van der Waals surface area contributed by atoms with Gasteiger partial charge in [0.25, 0.3) is 10.0 Å². The normalized spacial score (nSPS) is 18.8. The summed E-state index contributed by atoms with van der Waals surface area (Å²) in [5, 5.41) is 2.35. The number of nitrogens with one attached hydrogen (secondary N) is 1. The molecule has 1 aliphatic rings. The van der Waals surface area contributed by atoms with Crippen LogP contribution in [0.15, 0.2) is 15.6 Å². The third kappa shape index (κ3) is 4.20. The van der Waals surface area contributed by atoms with E-state index in [1.165, 1.54) is 18.3 Å². The number of nitrogens with zero attached hydrogens (tertiary/aromatic N) is 1. The highest BCUT2D eigenvalue weighted by Gasteiger charge is 2.36. The van der Waals surface area contributed by atoms with Crippen molar-refractivity contribution in [2.24, 2.45) is 11.7 Å². The zero-order valence-corrected chi connectivity index (χ0v) is 15.1. The van der Waals surface area contributed by atoms with Crippen LogP contribution in [0.2, 0.25) is 0 Å². The molecule has 2 rings (SSSR count). The predicted molar refractivity (Wildman–Crippen MR) is 88.3 cm³/mol. The second-order valence-electron chi connectivity index (χ2n) is 5.81. The van der Waals surface area contributed by atoms with E-state index in [0.29, 0.717) is 25.9 Å². The molecule has 1 atom stereocenters. The van der Waals surface area contributed by atoms with E-state index >= 15 is 0 Å². The van der Waals surface area contributed by atoms with Gasteiger partial charge in [0.1, 0.15) is 11.3 Å². The Morgan fingerprint density at radius 3 is 2.84 bits per heavy atom. The van der Waals surface area contributed by atoms with Gasteiger partial charge < -0.3 is 20.2 Å².